The zero-order valence-electron chi connectivity index (χ0n) is 14.4. The van der Waals surface area contributed by atoms with Crippen LogP contribution in [0, 0.1) is 0 Å². The number of pyridine rings is 1. The molecule has 1 aliphatic rings. The molecule has 0 radical (unpaired) electrons. The summed E-state index contributed by atoms with van der Waals surface area (Å²) in [6.45, 7) is 0.702. The molecule has 0 aliphatic carbocycles. The largest absolute Gasteiger partial charge is 0.309 e. The Labute approximate surface area is 155 Å². The maximum Gasteiger partial charge on any atom is 0.247 e. The van der Waals surface area contributed by atoms with Crippen LogP contribution in [0.4, 0.5) is 5.82 Å². The minimum absolute atomic E-state index is 0.0993. The summed E-state index contributed by atoms with van der Waals surface area (Å²) in [6.07, 6.45) is 5.42. The molecule has 2 aromatic carbocycles. The summed E-state index contributed by atoms with van der Waals surface area (Å²) in [6, 6.07) is 15.7. The van der Waals surface area contributed by atoms with Crippen molar-refractivity contribution < 1.29 is 4.79 Å². The number of aromatic nitrogens is 3. The maximum atomic E-state index is 12.7. The highest BCUT2D eigenvalue weighted by Gasteiger charge is 2.27. The normalized spacial score (nSPS) is 15.6. The molecule has 3 heterocycles. The van der Waals surface area contributed by atoms with Gasteiger partial charge in [-0.1, -0.05) is 36.4 Å². The summed E-state index contributed by atoms with van der Waals surface area (Å²) in [5.41, 5.74) is 4.27. The lowest BCUT2D eigenvalue weighted by atomic mass is 10.0. The molecule has 0 saturated heterocycles. The second-order valence-electron chi connectivity index (χ2n) is 6.62. The Balaban J connectivity index is 1.43. The monoisotopic (exact) mass is 355 g/mol. The van der Waals surface area contributed by atoms with Gasteiger partial charge in [-0.2, -0.15) is 5.10 Å². The van der Waals surface area contributed by atoms with E-state index in [1.165, 1.54) is 0 Å². The molecule has 0 bridgehead atoms. The van der Waals surface area contributed by atoms with Crippen molar-refractivity contribution >= 4 is 22.5 Å². The molecular formula is C21H17N5O. The van der Waals surface area contributed by atoms with Gasteiger partial charge in [-0.05, 0) is 34.2 Å². The first-order valence-electron chi connectivity index (χ1n) is 8.79. The predicted octanol–water partition coefficient (Wildman–Crippen LogP) is 3.41. The minimum atomic E-state index is -0.351. The number of nitrogens with zero attached hydrogens (tertiary/aromatic N) is 2. The number of anilines is 1. The first-order valence-corrected chi connectivity index (χ1v) is 8.79. The summed E-state index contributed by atoms with van der Waals surface area (Å²) in [5.74, 6) is 0.445. The molecule has 1 atom stereocenters. The molecule has 132 valence electrons. The highest BCUT2D eigenvalue weighted by atomic mass is 16.2. The van der Waals surface area contributed by atoms with Gasteiger partial charge in [0.25, 0.3) is 0 Å². The molecule has 6 heteroatoms. The van der Waals surface area contributed by atoms with E-state index in [1.54, 1.807) is 12.4 Å². The smallest absolute Gasteiger partial charge is 0.247 e. The van der Waals surface area contributed by atoms with Crippen molar-refractivity contribution in [3.05, 3.63) is 78.2 Å². The fourth-order valence-corrected chi connectivity index (χ4v) is 3.53. The van der Waals surface area contributed by atoms with Crippen LogP contribution < -0.4 is 10.6 Å². The van der Waals surface area contributed by atoms with Gasteiger partial charge in [0.15, 0.2) is 0 Å². The summed E-state index contributed by atoms with van der Waals surface area (Å²) in [7, 11) is 0. The number of H-pyrrole nitrogens is 1. The van der Waals surface area contributed by atoms with E-state index in [-0.39, 0.29) is 11.9 Å². The van der Waals surface area contributed by atoms with Crippen LogP contribution in [0.5, 0.6) is 0 Å². The highest BCUT2D eigenvalue weighted by molar-refractivity contribution is 5.97. The Hall–Kier alpha value is -3.51. The summed E-state index contributed by atoms with van der Waals surface area (Å²) < 4.78 is 0. The van der Waals surface area contributed by atoms with Gasteiger partial charge >= 0.3 is 0 Å². The lowest BCUT2D eigenvalue weighted by Crippen LogP contribution is -2.28. The lowest BCUT2D eigenvalue weighted by molar-refractivity contribution is -0.118. The standard InChI is InChI=1S/C21H17N5O/c27-21(20-18-4-2-1-3-15(18)10-23-20)26-19-8-16-7-13(17-11-24-25-12-17)5-6-14(16)9-22-19/h1-9,11-12,20,23H,10H2,(H,24,25)(H,22,26,27). The molecule has 27 heavy (non-hydrogen) atoms. The number of rotatable bonds is 3. The first-order chi connectivity index (χ1) is 13.3. The molecule has 5 rings (SSSR count). The number of benzene rings is 2. The van der Waals surface area contributed by atoms with Crippen LogP contribution in [-0.2, 0) is 11.3 Å². The molecule has 0 fully saturated rings. The molecule has 1 aliphatic heterocycles. The van der Waals surface area contributed by atoms with Gasteiger partial charge in [0, 0.05) is 29.9 Å². The van der Waals surface area contributed by atoms with Crippen LogP contribution in [0.15, 0.2) is 67.1 Å². The Bertz CT molecular complexity index is 1140. The van der Waals surface area contributed by atoms with Crippen LogP contribution in [-0.4, -0.2) is 21.1 Å². The van der Waals surface area contributed by atoms with Gasteiger partial charge in [-0.25, -0.2) is 4.98 Å². The number of nitrogens with one attached hydrogen (secondary N) is 3. The topological polar surface area (TPSA) is 82.7 Å². The summed E-state index contributed by atoms with van der Waals surface area (Å²) in [4.78, 5) is 17.1. The Morgan fingerprint density at radius 1 is 1.04 bits per heavy atom. The van der Waals surface area contributed by atoms with Gasteiger partial charge in [-0.15, -0.1) is 0 Å². The van der Waals surface area contributed by atoms with Gasteiger partial charge in [0.2, 0.25) is 5.91 Å². The molecule has 3 N–H and O–H groups in total. The first kappa shape index (κ1) is 15.7. The number of hydrogen-bond acceptors (Lipinski definition) is 4. The number of aromatic amines is 1. The predicted molar refractivity (Wildman–Crippen MR) is 104 cm³/mol. The van der Waals surface area contributed by atoms with Crippen molar-refractivity contribution in [3.63, 3.8) is 0 Å². The van der Waals surface area contributed by atoms with Crippen molar-refractivity contribution in [1.29, 1.82) is 0 Å². The van der Waals surface area contributed by atoms with E-state index >= 15 is 0 Å². The third-order valence-electron chi connectivity index (χ3n) is 4.93. The zero-order chi connectivity index (χ0) is 18.2. The van der Waals surface area contributed by atoms with Gasteiger partial charge in [-0.3, -0.25) is 15.2 Å². The van der Waals surface area contributed by atoms with E-state index in [0.29, 0.717) is 12.4 Å². The van der Waals surface area contributed by atoms with Crippen molar-refractivity contribution in [1.82, 2.24) is 20.5 Å². The molecule has 1 unspecified atom stereocenters. The van der Waals surface area contributed by atoms with Crippen LogP contribution in [0.1, 0.15) is 17.2 Å². The number of amides is 1. The number of carbonyl (C=O) groups is 1. The van der Waals surface area contributed by atoms with Crippen molar-refractivity contribution in [2.24, 2.45) is 0 Å². The molecule has 0 spiro atoms. The maximum absolute atomic E-state index is 12.7. The van der Waals surface area contributed by atoms with E-state index in [0.717, 1.165) is 33.0 Å². The van der Waals surface area contributed by atoms with E-state index in [1.807, 2.05) is 48.7 Å². The highest BCUT2D eigenvalue weighted by Crippen LogP contribution is 2.27. The Morgan fingerprint density at radius 3 is 2.85 bits per heavy atom. The van der Waals surface area contributed by atoms with Crippen LogP contribution in [0.3, 0.4) is 0 Å². The molecule has 0 saturated carbocycles. The van der Waals surface area contributed by atoms with Crippen LogP contribution in [0.2, 0.25) is 0 Å². The molecular weight excluding hydrogens is 338 g/mol. The summed E-state index contributed by atoms with van der Waals surface area (Å²) >= 11 is 0. The van der Waals surface area contributed by atoms with Gasteiger partial charge < -0.3 is 5.32 Å². The molecule has 2 aromatic heterocycles. The number of hydrogen-bond donors (Lipinski definition) is 3. The molecule has 1 amide bonds. The third-order valence-corrected chi connectivity index (χ3v) is 4.93. The Morgan fingerprint density at radius 2 is 1.96 bits per heavy atom. The van der Waals surface area contributed by atoms with Gasteiger partial charge in [0.1, 0.15) is 11.9 Å². The number of fused-ring (bicyclic) bond motifs is 2. The molecule has 4 aromatic rings. The fourth-order valence-electron chi connectivity index (χ4n) is 3.53. The second kappa shape index (κ2) is 6.34. The van der Waals surface area contributed by atoms with Crippen LogP contribution in [0.25, 0.3) is 21.9 Å². The van der Waals surface area contributed by atoms with E-state index in [4.69, 9.17) is 0 Å². The zero-order valence-corrected chi connectivity index (χ0v) is 14.4. The van der Waals surface area contributed by atoms with Crippen molar-refractivity contribution in [2.45, 2.75) is 12.6 Å². The van der Waals surface area contributed by atoms with Crippen LogP contribution >= 0.6 is 0 Å². The van der Waals surface area contributed by atoms with E-state index in [2.05, 4.69) is 31.9 Å². The second-order valence-corrected chi connectivity index (χ2v) is 6.62. The summed E-state index contributed by atoms with van der Waals surface area (Å²) in [5, 5.41) is 15.1. The van der Waals surface area contributed by atoms with Gasteiger partial charge in [0.05, 0.1) is 6.20 Å². The fraction of sp³-hybridized carbons (Fsp3) is 0.0952. The number of carbonyl (C=O) groups excluding carboxylic acids is 1. The van der Waals surface area contributed by atoms with E-state index < -0.39 is 0 Å². The van der Waals surface area contributed by atoms with Crippen molar-refractivity contribution in [2.75, 3.05) is 5.32 Å². The quantitative estimate of drug-likeness (QED) is 0.526. The SMILES string of the molecule is O=C(Nc1cc2cc(-c3cn[nH]c3)ccc2cn1)C1NCc2ccccc21. The lowest BCUT2D eigenvalue weighted by Gasteiger charge is -2.12. The average Bonchev–Trinajstić information content (AvgIpc) is 3.37. The minimum Gasteiger partial charge on any atom is -0.309 e. The molecule has 6 nitrogen and oxygen atoms in total. The van der Waals surface area contributed by atoms with Crippen molar-refractivity contribution in [3.8, 4) is 11.1 Å². The third kappa shape index (κ3) is 2.86. The Kier molecular flexibility index (Phi) is 3.69. The van der Waals surface area contributed by atoms with E-state index in [9.17, 15) is 4.79 Å². The average molecular weight is 355 g/mol.